The van der Waals surface area contributed by atoms with Gasteiger partial charge >= 0.3 is 0 Å². The molecule has 0 aliphatic carbocycles. The molecule has 5 rings (SSSR count). The van der Waals surface area contributed by atoms with Gasteiger partial charge < -0.3 is 15.8 Å². The van der Waals surface area contributed by atoms with Gasteiger partial charge in [0.15, 0.2) is 0 Å². The molecule has 2 aromatic carbocycles. The number of nitrogens with two attached hydrogens (primary N) is 1. The molecule has 2 bridgehead atoms. The number of rotatable bonds is 4. The van der Waals surface area contributed by atoms with Crippen LogP contribution in [0.25, 0.3) is 0 Å². The van der Waals surface area contributed by atoms with Crippen LogP contribution in [0.2, 0.25) is 0 Å². The molecule has 25 heavy (non-hydrogen) atoms. The van der Waals surface area contributed by atoms with Crippen molar-refractivity contribution in [2.45, 2.75) is 25.4 Å². The molecule has 3 heterocycles. The van der Waals surface area contributed by atoms with Crippen molar-refractivity contribution in [3.8, 4) is 11.5 Å². The van der Waals surface area contributed by atoms with E-state index in [1.165, 1.54) is 12.8 Å². The Hall–Kier alpha value is -2.53. The lowest BCUT2D eigenvalue weighted by atomic mass is 9.86. The van der Waals surface area contributed by atoms with E-state index < -0.39 is 0 Å². The summed E-state index contributed by atoms with van der Waals surface area (Å²) < 4.78 is 5.76. The molecular weight excluding hydrogens is 314 g/mol. The molecule has 130 valence electrons. The van der Waals surface area contributed by atoms with E-state index in [9.17, 15) is 4.79 Å². The molecule has 3 N–H and O–H groups in total. The maximum atomic E-state index is 12.5. The Bertz CT molecular complexity index is 735. The standard InChI is InChI=1S/C20H23N3O2/c21-16-3-7-18(8-4-16)25-17-5-1-15(2-6-17)20(24)22-19-13-14-9-11-23(19)12-10-14/h1-8,14,19H,9-13,21H2,(H,22,24). The van der Waals surface area contributed by atoms with E-state index in [0.717, 1.165) is 31.2 Å². The number of carbonyl (C=O) groups is 1. The normalized spacial score (nSPS) is 24.7. The number of hydrogen-bond donors (Lipinski definition) is 2. The highest BCUT2D eigenvalue weighted by molar-refractivity contribution is 5.94. The Morgan fingerprint density at radius 2 is 1.60 bits per heavy atom. The Labute approximate surface area is 147 Å². The fraction of sp³-hybridized carbons (Fsp3) is 0.350. The fourth-order valence-electron chi connectivity index (χ4n) is 3.70. The van der Waals surface area contributed by atoms with Gasteiger partial charge in [-0.2, -0.15) is 0 Å². The first-order chi connectivity index (χ1) is 12.2. The van der Waals surface area contributed by atoms with Crippen molar-refractivity contribution in [3.63, 3.8) is 0 Å². The maximum Gasteiger partial charge on any atom is 0.252 e. The van der Waals surface area contributed by atoms with Crippen molar-refractivity contribution < 1.29 is 9.53 Å². The third-order valence-electron chi connectivity index (χ3n) is 5.18. The first-order valence-corrected chi connectivity index (χ1v) is 8.86. The van der Waals surface area contributed by atoms with Gasteiger partial charge in [0.2, 0.25) is 0 Å². The quantitative estimate of drug-likeness (QED) is 0.841. The summed E-state index contributed by atoms with van der Waals surface area (Å²) in [5, 5.41) is 3.17. The molecule has 0 saturated carbocycles. The topological polar surface area (TPSA) is 67.6 Å². The van der Waals surface area contributed by atoms with Crippen molar-refractivity contribution in [1.29, 1.82) is 0 Å². The third kappa shape index (κ3) is 3.61. The van der Waals surface area contributed by atoms with Crippen LogP contribution in [0.15, 0.2) is 48.5 Å². The number of hydrogen-bond acceptors (Lipinski definition) is 4. The summed E-state index contributed by atoms with van der Waals surface area (Å²) in [6, 6.07) is 14.5. The molecule has 5 nitrogen and oxygen atoms in total. The van der Waals surface area contributed by atoms with E-state index >= 15 is 0 Å². The number of nitrogen functional groups attached to an aromatic ring is 1. The lowest BCUT2D eigenvalue weighted by Gasteiger charge is -2.45. The van der Waals surface area contributed by atoms with Gasteiger partial charge in [-0.1, -0.05) is 0 Å². The van der Waals surface area contributed by atoms with Crippen molar-refractivity contribution in [3.05, 3.63) is 54.1 Å². The van der Waals surface area contributed by atoms with E-state index in [-0.39, 0.29) is 12.1 Å². The van der Waals surface area contributed by atoms with Crippen LogP contribution in [0.1, 0.15) is 29.6 Å². The molecule has 3 saturated heterocycles. The molecule has 0 radical (unpaired) electrons. The van der Waals surface area contributed by atoms with Gasteiger partial charge in [-0.15, -0.1) is 0 Å². The van der Waals surface area contributed by atoms with E-state index in [1.54, 1.807) is 24.3 Å². The zero-order chi connectivity index (χ0) is 17.2. The number of nitrogens with one attached hydrogen (secondary N) is 1. The van der Waals surface area contributed by atoms with Gasteiger partial charge in [-0.25, -0.2) is 0 Å². The summed E-state index contributed by atoms with van der Waals surface area (Å²) in [6.07, 6.45) is 3.79. The van der Waals surface area contributed by atoms with Crippen LogP contribution >= 0.6 is 0 Å². The smallest absolute Gasteiger partial charge is 0.252 e. The number of carbonyl (C=O) groups excluding carboxylic acids is 1. The lowest BCUT2D eigenvalue weighted by Crippen LogP contribution is -2.56. The lowest BCUT2D eigenvalue weighted by molar-refractivity contribution is 0.0295. The Morgan fingerprint density at radius 3 is 2.16 bits per heavy atom. The van der Waals surface area contributed by atoms with Gasteiger partial charge in [-0.05, 0) is 73.7 Å². The summed E-state index contributed by atoms with van der Waals surface area (Å²) in [7, 11) is 0. The predicted molar refractivity (Wildman–Crippen MR) is 97.5 cm³/mol. The molecule has 3 fully saturated rings. The largest absolute Gasteiger partial charge is 0.457 e. The summed E-state index contributed by atoms with van der Waals surface area (Å²) in [4.78, 5) is 14.9. The van der Waals surface area contributed by atoms with Crippen LogP contribution in [0, 0.1) is 5.92 Å². The van der Waals surface area contributed by atoms with Crippen LogP contribution in [0.5, 0.6) is 11.5 Å². The molecule has 3 aliphatic heterocycles. The first-order valence-electron chi connectivity index (χ1n) is 8.86. The molecule has 1 unspecified atom stereocenters. The van der Waals surface area contributed by atoms with Crippen molar-refractivity contribution >= 4 is 11.6 Å². The molecule has 0 aromatic heterocycles. The Balaban J connectivity index is 1.38. The van der Waals surface area contributed by atoms with Gasteiger partial charge in [0.05, 0.1) is 6.17 Å². The molecule has 2 aromatic rings. The Morgan fingerprint density at radius 1 is 1.00 bits per heavy atom. The third-order valence-corrected chi connectivity index (χ3v) is 5.18. The van der Waals surface area contributed by atoms with Crippen LogP contribution in [0.3, 0.4) is 0 Å². The summed E-state index contributed by atoms with van der Waals surface area (Å²) in [6.45, 7) is 2.20. The van der Waals surface area contributed by atoms with Gasteiger partial charge in [0.1, 0.15) is 11.5 Å². The molecule has 1 amide bonds. The highest BCUT2D eigenvalue weighted by atomic mass is 16.5. The molecule has 0 spiro atoms. The summed E-state index contributed by atoms with van der Waals surface area (Å²) in [5.41, 5.74) is 7.03. The molecule has 1 atom stereocenters. The highest BCUT2D eigenvalue weighted by Crippen LogP contribution is 2.30. The minimum atomic E-state index is -0.0171. The van der Waals surface area contributed by atoms with E-state index in [4.69, 9.17) is 10.5 Å². The average Bonchev–Trinajstić information content (AvgIpc) is 2.65. The molecular formula is C20H23N3O2. The van der Waals surface area contributed by atoms with Gasteiger partial charge in [0, 0.05) is 24.3 Å². The predicted octanol–water partition coefficient (Wildman–Crippen LogP) is 3.23. The van der Waals surface area contributed by atoms with Gasteiger partial charge in [0.25, 0.3) is 5.91 Å². The van der Waals surface area contributed by atoms with Crippen molar-refractivity contribution in [2.75, 3.05) is 18.8 Å². The molecule has 5 heteroatoms. The van der Waals surface area contributed by atoms with E-state index in [2.05, 4.69) is 10.2 Å². The maximum absolute atomic E-state index is 12.5. The highest BCUT2D eigenvalue weighted by Gasteiger charge is 2.34. The Kier molecular flexibility index (Phi) is 4.32. The van der Waals surface area contributed by atoms with E-state index in [0.29, 0.717) is 17.0 Å². The van der Waals surface area contributed by atoms with Crippen LogP contribution in [0.4, 0.5) is 5.69 Å². The average molecular weight is 337 g/mol. The fourth-order valence-corrected chi connectivity index (χ4v) is 3.70. The number of anilines is 1. The number of nitrogens with zero attached hydrogens (tertiary/aromatic N) is 1. The number of ether oxygens (including phenoxy) is 1. The van der Waals surface area contributed by atoms with Crippen LogP contribution in [-0.2, 0) is 0 Å². The minimum Gasteiger partial charge on any atom is -0.457 e. The minimum absolute atomic E-state index is 0.0171. The second-order valence-electron chi connectivity index (χ2n) is 6.90. The number of amides is 1. The second kappa shape index (κ2) is 6.76. The monoisotopic (exact) mass is 337 g/mol. The van der Waals surface area contributed by atoms with Crippen molar-refractivity contribution in [2.24, 2.45) is 5.92 Å². The number of fused-ring (bicyclic) bond motifs is 3. The zero-order valence-corrected chi connectivity index (χ0v) is 14.2. The van der Waals surface area contributed by atoms with E-state index in [1.807, 2.05) is 24.3 Å². The first kappa shape index (κ1) is 16.0. The number of benzene rings is 2. The SMILES string of the molecule is Nc1ccc(Oc2ccc(C(=O)NC3CC4CCN3CC4)cc2)cc1. The van der Waals surface area contributed by atoms with Crippen LogP contribution in [-0.4, -0.2) is 30.1 Å². The zero-order valence-electron chi connectivity index (χ0n) is 14.2. The van der Waals surface area contributed by atoms with Crippen molar-refractivity contribution in [1.82, 2.24) is 10.2 Å². The van der Waals surface area contributed by atoms with Gasteiger partial charge in [-0.3, -0.25) is 9.69 Å². The summed E-state index contributed by atoms with van der Waals surface area (Å²) >= 11 is 0. The second-order valence-corrected chi connectivity index (χ2v) is 6.90. The van der Waals surface area contributed by atoms with Crippen LogP contribution < -0.4 is 15.8 Å². The number of piperidine rings is 3. The summed E-state index contributed by atoms with van der Waals surface area (Å²) in [5.74, 6) is 2.17. The molecule has 3 aliphatic rings.